The van der Waals surface area contributed by atoms with Crippen LogP contribution in [0.5, 0.6) is 5.88 Å². The normalized spacial score (nSPS) is 11.2. The van der Waals surface area contributed by atoms with E-state index in [2.05, 4.69) is 35.4 Å². The summed E-state index contributed by atoms with van der Waals surface area (Å²) < 4.78 is 11.6. The Morgan fingerprint density at radius 2 is 1.79 bits per heavy atom. The molecule has 0 bridgehead atoms. The first-order valence-electron chi connectivity index (χ1n) is 12.5. The minimum atomic E-state index is -0.890. The fraction of sp³-hybridized carbons (Fsp3) is 0.345. The Hall–Kier alpha value is -3.11. The Morgan fingerprint density at radius 1 is 1.08 bits per heavy atom. The van der Waals surface area contributed by atoms with Crippen LogP contribution in [0.4, 0.5) is 5.69 Å². The van der Waals surface area contributed by atoms with Gasteiger partial charge in [0.25, 0.3) is 0 Å². The van der Waals surface area contributed by atoms with Gasteiger partial charge in [-0.3, -0.25) is 9.53 Å². The van der Waals surface area contributed by atoms with E-state index in [1.54, 1.807) is 13.8 Å². The van der Waals surface area contributed by atoms with E-state index in [9.17, 15) is 14.7 Å². The summed E-state index contributed by atoms with van der Waals surface area (Å²) >= 11 is 0. The summed E-state index contributed by atoms with van der Waals surface area (Å²) in [6.07, 6.45) is 0.523. The first-order valence-corrected chi connectivity index (χ1v) is 12.5. The SMILES string of the molecule is Cc1cc(-c2cccc(CNc3ccc(Cn4oc(=O)[n-]c4=O)cc3)c2C)c(C)nc1OCCC(C)(C)O.[Na+]. The van der Waals surface area contributed by atoms with Gasteiger partial charge in [0.1, 0.15) is 0 Å². The molecule has 0 aliphatic heterocycles. The predicted molar refractivity (Wildman–Crippen MR) is 146 cm³/mol. The average molecular weight is 541 g/mol. The molecule has 200 valence electrons. The number of rotatable bonds is 10. The van der Waals surface area contributed by atoms with Crippen LogP contribution < -0.4 is 56.0 Å². The number of nitrogens with zero attached hydrogens (tertiary/aromatic N) is 3. The molecule has 4 rings (SSSR count). The van der Waals surface area contributed by atoms with E-state index in [1.165, 1.54) is 0 Å². The number of hydrogen-bond acceptors (Lipinski definition) is 7. The molecule has 2 aromatic carbocycles. The molecule has 0 fully saturated rings. The Kier molecular flexibility index (Phi) is 10.0. The van der Waals surface area contributed by atoms with Gasteiger partial charge in [-0.05, 0) is 75.1 Å². The quantitative estimate of drug-likeness (QED) is 0.285. The molecule has 2 aromatic heterocycles. The van der Waals surface area contributed by atoms with Crippen molar-refractivity contribution in [3.8, 4) is 17.0 Å². The number of aromatic nitrogens is 3. The number of anilines is 1. The predicted octanol–water partition coefficient (Wildman–Crippen LogP) is 0.950. The first-order chi connectivity index (χ1) is 18.0. The fourth-order valence-corrected chi connectivity index (χ4v) is 4.15. The Labute approximate surface area is 249 Å². The van der Waals surface area contributed by atoms with Gasteiger partial charge < -0.3 is 24.7 Å². The van der Waals surface area contributed by atoms with Crippen LogP contribution in [-0.4, -0.2) is 27.0 Å². The van der Waals surface area contributed by atoms with Gasteiger partial charge in [0.05, 0.1) is 12.2 Å². The van der Waals surface area contributed by atoms with E-state index >= 15 is 0 Å². The molecule has 10 heteroatoms. The van der Waals surface area contributed by atoms with Crippen LogP contribution in [0, 0.1) is 20.8 Å². The van der Waals surface area contributed by atoms with Gasteiger partial charge in [-0.2, -0.15) is 0 Å². The number of nitrogens with one attached hydrogen (secondary N) is 1. The molecule has 2 N–H and O–H groups in total. The van der Waals surface area contributed by atoms with E-state index in [1.807, 2.05) is 44.2 Å². The number of hydrogen-bond donors (Lipinski definition) is 2. The maximum Gasteiger partial charge on any atom is 1.00 e. The number of ether oxygens (including phenoxy) is 1. The number of pyridine rings is 1. The molecule has 0 atom stereocenters. The van der Waals surface area contributed by atoms with Crippen molar-refractivity contribution in [2.75, 3.05) is 11.9 Å². The number of aliphatic hydroxyl groups is 1. The third-order valence-corrected chi connectivity index (χ3v) is 6.40. The van der Waals surface area contributed by atoms with Gasteiger partial charge in [-0.1, -0.05) is 30.3 Å². The van der Waals surface area contributed by atoms with E-state index in [0.29, 0.717) is 25.5 Å². The zero-order valence-corrected chi connectivity index (χ0v) is 25.4. The third-order valence-electron chi connectivity index (χ3n) is 6.40. The molecule has 0 amide bonds. The van der Waals surface area contributed by atoms with Gasteiger partial charge in [-0.15, -0.1) is 0 Å². The van der Waals surface area contributed by atoms with Crippen molar-refractivity contribution in [2.45, 2.75) is 59.7 Å². The summed E-state index contributed by atoms with van der Waals surface area (Å²) in [4.78, 5) is 30.6. The van der Waals surface area contributed by atoms with E-state index in [0.717, 1.165) is 49.5 Å². The van der Waals surface area contributed by atoms with Crippen LogP contribution in [0.25, 0.3) is 11.1 Å². The van der Waals surface area contributed by atoms with Crippen molar-refractivity contribution < 1.29 is 43.9 Å². The minimum absolute atomic E-state index is 0. The van der Waals surface area contributed by atoms with Crippen molar-refractivity contribution in [1.82, 2.24) is 14.7 Å². The summed E-state index contributed by atoms with van der Waals surface area (Å²) in [6.45, 7) is 10.8. The van der Waals surface area contributed by atoms with Crippen LogP contribution in [0.3, 0.4) is 0 Å². The molecular formula is C29H33N4NaO5. The summed E-state index contributed by atoms with van der Waals surface area (Å²) in [5.74, 6) is -0.297. The van der Waals surface area contributed by atoms with E-state index < -0.39 is 17.0 Å². The van der Waals surface area contributed by atoms with Crippen molar-refractivity contribution in [1.29, 1.82) is 0 Å². The average Bonchev–Trinajstić information content (AvgIpc) is 3.17. The number of benzene rings is 2. The van der Waals surface area contributed by atoms with Crippen molar-refractivity contribution in [2.24, 2.45) is 0 Å². The van der Waals surface area contributed by atoms with Gasteiger partial charge in [0.2, 0.25) is 5.88 Å². The molecule has 0 saturated heterocycles. The zero-order valence-electron chi connectivity index (χ0n) is 23.4. The smallest absolute Gasteiger partial charge is 0.477 e. The molecular weight excluding hydrogens is 507 g/mol. The summed E-state index contributed by atoms with van der Waals surface area (Å²) in [7, 11) is 0. The molecule has 4 aromatic rings. The number of aryl methyl sites for hydroxylation is 2. The van der Waals surface area contributed by atoms with Crippen LogP contribution >= 0.6 is 0 Å². The van der Waals surface area contributed by atoms with Gasteiger partial charge in [0.15, 0.2) is 5.69 Å². The molecule has 9 nitrogen and oxygen atoms in total. The van der Waals surface area contributed by atoms with Crippen LogP contribution in [0.1, 0.15) is 48.2 Å². The standard InChI is InChI=1S/C29H34N4O5.Na/c1-18-15-25(20(3)31-26(18)37-14-13-29(4,5)36)24-8-6-7-22(19(24)2)16-30-23-11-9-21(10-12-23)17-33-27(34)32-28(35)38-33;/h6-12,15,30,36H,13-14,16-17H2,1-5H3,(H,32,34,35);/q;+1/p-1. The van der Waals surface area contributed by atoms with Gasteiger partial charge in [-0.25, -0.2) is 9.78 Å². The maximum absolute atomic E-state index is 11.6. The molecule has 0 aliphatic carbocycles. The van der Waals surface area contributed by atoms with Crippen molar-refractivity contribution in [3.63, 3.8) is 0 Å². The van der Waals surface area contributed by atoms with Crippen LogP contribution in [-0.2, 0) is 13.1 Å². The summed E-state index contributed by atoms with van der Waals surface area (Å²) in [5, 5.41) is 13.4. The molecule has 0 unspecified atom stereocenters. The Morgan fingerprint density at radius 3 is 2.44 bits per heavy atom. The maximum atomic E-state index is 11.6. The third kappa shape index (κ3) is 7.95. The molecule has 0 radical (unpaired) electrons. The fourth-order valence-electron chi connectivity index (χ4n) is 4.15. The van der Waals surface area contributed by atoms with Crippen molar-refractivity contribution >= 4 is 5.69 Å². The van der Waals surface area contributed by atoms with Gasteiger partial charge in [0, 0.05) is 42.0 Å². The summed E-state index contributed by atoms with van der Waals surface area (Å²) in [6, 6.07) is 15.9. The molecule has 0 saturated carbocycles. The molecule has 0 spiro atoms. The van der Waals surface area contributed by atoms with Crippen molar-refractivity contribution in [3.05, 3.63) is 97.5 Å². The van der Waals surface area contributed by atoms with E-state index in [-0.39, 0.29) is 36.1 Å². The van der Waals surface area contributed by atoms with Crippen LogP contribution in [0.15, 0.2) is 62.6 Å². The topological polar surface area (TPSA) is 121 Å². The molecule has 39 heavy (non-hydrogen) atoms. The minimum Gasteiger partial charge on any atom is -0.477 e. The largest absolute Gasteiger partial charge is 1.00 e. The Balaban J connectivity index is 0.00000420. The zero-order chi connectivity index (χ0) is 27.4. The first kappa shape index (κ1) is 30.4. The summed E-state index contributed by atoms with van der Waals surface area (Å²) in [5.41, 5.74) is 6.60. The Bertz CT molecular complexity index is 1530. The van der Waals surface area contributed by atoms with Gasteiger partial charge >= 0.3 is 35.3 Å². The van der Waals surface area contributed by atoms with E-state index in [4.69, 9.17) is 14.2 Å². The second-order valence-electron chi connectivity index (χ2n) is 10.1. The second-order valence-corrected chi connectivity index (χ2v) is 10.1. The van der Waals surface area contributed by atoms with Crippen LogP contribution in [0.2, 0.25) is 0 Å². The second kappa shape index (κ2) is 12.8. The monoisotopic (exact) mass is 540 g/mol. The molecule has 0 aliphatic rings. The molecule has 2 heterocycles.